The Morgan fingerprint density at radius 1 is 1.11 bits per heavy atom. The van der Waals surface area contributed by atoms with Crippen molar-refractivity contribution in [1.82, 2.24) is 0 Å². The highest BCUT2D eigenvalue weighted by Gasteiger charge is 2.08. The number of carbonyl (C=O) groups excluding carboxylic acids is 1. The van der Waals surface area contributed by atoms with Crippen molar-refractivity contribution in [3.63, 3.8) is 0 Å². The molecule has 2 aromatic rings. The normalized spacial score (nSPS) is 10.3. The minimum atomic E-state index is -0.467. The highest BCUT2D eigenvalue weighted by molar-refractivity contribution is 9.10. The average Bonchev–Trinajstić information content (AvgIpc) is 2.36. The Hall–Kier alpha value is -1.33. The summed E-state index contributed by atoms with van der Waals surface area (Å²) in [6.07, 6.45) is 0. The number of nitrogens with two attached hydrogens (primary N) is 1. The van der Waals surface area contributed by atoms with Crippen molar-refractivity contribution in [3.05, 3.63) is 56.5 Å². The molecule has 0 heterocycles. The maximum absolute atomic E-state index is 11.1. The summed E-state index contributed by atoms with van der Waals surface area (Å²) in [5.74, 6) is 0.916. The predicted molar refractivity (Wildman–Crippen MR) is 81.6 cm³/mol. The number of benzene rings is 2. The van der Waals surface area contributed by atoms with Gasteiger partial charge in [-0.2, -0.15) is 0 Å². The summed E-state index contributed by atoms with van der Waals surface area (Å²) in [6, 6.07) is 10.8. The predicted octanol–water partition coefficient (Wildman–Crippen LogP) is 4.41. The molecule has 2 aromatic carbocycles. The Morgan fingerprint density at radius 3 is 2.47 bits per heavy atom. The first-order chi connectivity index (χ1) is 8.97. The molecule has 2 rings (SSSR count). The number of hydrogen-bond acceptors (Lipinski definition) is 2. The van der Waals surface area contributed by atoms with E-state index in [1.165, 1.54) is 0 Å². The summed E-state index contributed by atoms with van der Waals surface area (Å²) in [6.45, 7) is 1.97. The first-order valence-electron chi connectivity index (χ1n) is 5.51. The topological polar surface area (TPSA) is 52.3 Å². The van der Waals surface area contributed by atoms with Crippen LogP contribution in [0.15, 0.2) is 45.3 Å². The monoisotopic (exact) mass is 383 g/mol. The highest BCUT2D eigenvalue weighted by Crippen LogP contribution is 2.33. The number of carbonyl (C=O) groups is 1. The van der Waals surface area contributed by atoms with Gasteiger partial charge in [-0.05, 0) is 58.7 Å². The second kappa shape index (κ2) is 5.75. The van der Waals surface area contributed by atoms with Crippen LogP contribution in [0.2, 0.25) is 0 Å². The van der Waals surface area contributed by atoms with Crippen molar-refractivity contribution in [2.45, 2.75) is 6.92 Å². The third-order valence-electron chi connectivity index (χ3n) is 2.59. The number of halogens is 2. The van der Waals surface area contributed by atoms with Crippen molar-refractivity contribution in [3.8, 4) is 11.5 Å². The van der Waals surface area contributed by atoms with Gasteiger partial charge in [0.1, 0.15) is 11.5 Å². The molecule has 0 aliphatic carbocycles. The third kappa shape index (κ3) is 3.36. The van der Waals surface area contributed by atoms with E-state index < -0.39 is 5.91 Å². The van der Waals surface area contributed by atoms with Crippen LogP contribution in [0, 0.1) is 6.92 Å². The second-order valence-corrected chi connectivity index (χ2v) is 5.79. The molecule has 0 radical (unpaired) electrons. The fraction of sp³-hybridized carbons (Fsp3) is 0.0714. The van der Waals surface area contributed by atoms with Crippen LogP contribution in [0.5, 0.6) is 11.5 Å². The number of primary amides is 1. The maximum atomic E-state index is 11.1. The molecule has 0 aromatic heterocycles. The summed E-state index contributed by atoms with van der Waals surface area (Å²) in [4.78, 5) is 11.1. The lowest BCUT2D eigenvalue weighted by molar-refractivity contribution is 0.1000. The molecule has 0 bridgehead atoms. The molecule has 19 heavy (non-hydrogen) atoms. The zero-order valence-corrected chi connectivity index (χ0v) is 13.3. The SMILES string of the molecule is Cc1ccc(Br)cc1Oc1ccc(C(N)=O)cc1Br. The summed E-state index contributed by atoms with van der Waals surface area (Å²) in [7, 11) is 0. The van der Waals surface area contributed by atoms with E-state index in [0.29, 0.717) is 15.8 Å². The van der Waals surface area contributed by atoms with E-state index in [9.17, 15) is 4.79 Å². The van der Waals surface area contributed by atoms with Crippen LogP contribution in [0.4, 0.5) is 0 Å². The van der Waals surface area contributed by atoms with Gasteiger partial charge in [-0.3, -0.25) is 4.79 Å². The molecule has 1 amide bonds. The Labute approximate surface area is 128 Å². The summed E-state index contributed by atoms with van der Waals surface area (Å²) >= 11 is 6.78. The molecule has 0 saturated heterocycles. The molecular weight excluding hydrogens is 374 g/mol. The second-order valence-electron chi connectivity index (χ2n) is 4.02. The lowest BCUT2D eigenvalue weighted by Crippen LogP contribution is -2.10. The number of hydrogen-bond donors (Lipinski definition) is 1. The van der Waals surface area contributed by atoms with E-state index in [0.717, 1.165) is 15.8 Å². The quantitative estimate of drug-likeness (QED) is 0.851. The summed E-state index contributed by atoms with van der Waals surface area (Å²) < 4.78 is 7.45. The molecule has 0 fully saturated rings. The third-order valence-corrected chi connectivity index (χ3v) is 3.70. The van der Waals surface area contributed by atoms with Crippen LogP contribution >= 0.6 is 31.9 Å². The molecular formula is C14H11Br2NO2. The smallest absolute Gasteiger partial charge is 0.248 e. The van der Waals surface area contributed by atoms with Crippen LogP contribution in [0.25, 0.3) is 0 Å². The van der Waals surface area contributed by atoms with Crippen molar-refractivity contribution >= 4 is 37.8 Å². The zero-order valence-electron chi connectivity index (χ0n) is 10.1. The standard InChI is InChI=1S/C14H11Br2NO2/c1-8-2-4-10(15)7-13(8)19-12-5-3-9(14(17)18)6-11(12)16/h2-7H,1H3,(H2,17,18). The first-order valence-corrected chi connectivity index (χ1v) is 7.09. The van der Waals surface area contributed by atoms with Crippen molar-refractivity contribution in [1.29, 1.82) is 0 Å². The van der Waals surface area contributed by atoms with Gasteiger partial charge in [-0.25, -0.2) is 0 Å². The van der Waals surface area contributed by atoms with E-state index in [-0.39, 0.29) is 0 Å². The molecule has 2 N–H and O–H groups in total. The molecule has 0 saturated carbocycles. The lowest BCUT2D eigenvalue weighted by atomic mass is 10.2. The van der Waals surface area contributed by atoms with Crippen LogP contribution in [-0.4, -0.2) is 5.91 Å². The fourth-order valence-corrected chi connectivity index (χ4v) is 2.34. The fourth-order valence-electron chi connectivity index (χ4n) is 1.54. The van der Waals surface area contributed by atoms with Gasteiger partial charge in [-0.1, -0.05) is 22.0 Å². The number of ether oxygens (including phenoxy) is 1. The molecule has 98 valence electrons. The molecule has 0 atom stereocenters. The van der Waals surface area contributed by atoms with Gasteiger partial charge in [0.25, 0.3) is 0 Å². The van der Waals surface area contributed by atoms with E-state index in [4.69, 9.17) is 10.5 Å². The van der Waals surface area contributed by atoms with Crippen LogP contribution < -0.4 is 10.5 Å². The van der Waals surface area contributed by atoms with Gasteiger partial charge in [0.2, 0.25) is 5.91 Å². The van der Waals surface area contributed by atoms with Gasteiger partial charge in [0.05, 0.1) is 4.47 Å². The van der Waals surface area contributed by atoms with Gasteiger partial charge >= 0.3 is 0 Å². The first kappa shape index (κ1) is 14.1. The lowest BCUT2D eigenvalue weighted by Gasteiger charge is -2.11. The highest BCUT2D eigenvalue weighted by atomic mass is 79.9. The van der Waals surface area contributed by atoms with Crippen LogP contribution in [0.1, 0.15) is 15.9 Å². The Kier molecular flexibility index (Phi) is 4.27. The molecule has 0 spiro atoms. The largest absolute Gasteiger partial charge is 0.456 e. The van der Waals surface area contributed by atoms with Gasteiger partial charge in [0.15, 0.2) is 0 Å². The zero-order chi connectivity index (χ0) is 14.0. The van der Waals surface area contributed by atoms with Crippen LogP contribution in [0.3, 0.4) is 0 Å². The van der Waals surface area contributed by atoms with Gasteiger partial charge in [0, 0.05) is 10.0 Å². The van der Waals surface area contributed by atoms with E-state index >= 15 is 0 Å². The van der Waals surface area contributed by atoms with Gasteiger partial charge < -0.3 is 10.5 Å². The van der Waals surface area contributed by atoms with Crippen molar-refractivity contribution in [2.75, 3.05) is 0 Å². The van der Waals surface area contributed by atoms with Gasteiger partial charge in [-0.15, -0.1) is 0 Å². The molecule has 5 heteroatoms. The molecule has 0 unspecified atom stereocenters. The van der Waals surface area contributed by atoms with E-state index in [1.54, 1.807) is 18.2 Å². The summed E-state index contributed by atoms with van der Waals surface area (Å²) in [5, 5.41) is 0. The summed E-state index contributed by atoms with van der Waals surface area (Å²) in [5.41, 5.74) is 6.68. The number of amides is 1. The molecule has 0 aliphatic heterocycles. The maximum Gasteiger partial charge on any atom is 0.248 e. The minimum absolute atomic E-state index is 0.435. The molecule has 3 nitrogen and oxygen atoms in total. The Balaban J connectivity index is 2.33. The van der Waals surface area contributed by atoms with Crippen LogP contribution in [-0.2, 0) is 0 Å². The van der Waals surface area contributed by atoms with Crippen molar-refractivity contribution < 1.29 is 9.53 Å². The van der Waals surface area contributed by atoms with E-state index in [2.05, 4.69) is 31.9 Å². The number of rotatable bonds is 3. The Bertz CT molecular complexity index is 641. The molecule has 0 aliphatic rings. The van der Waals surface area contributed by atoms with E-state index in [1.807, 2.05) is 25.1 Å². The minimum Gasteiger partial charge on any atom is -0.456 e. The Morgan fingerprint density at radius 2 is 1.84 bits per heavy atom. The van der Waals surface area contributed by atoms with Crippen molar-refractivity contribution in [2.24, 2.45) is 5.73 Å². The average molecular weight is 385 g/mol. The number of aryl methyl sites for hydroxylation is 1.